The number of carbonyl (C=O) groups excluding carboxylic acids is 1. The molecular weight excluding hydrogens is 230 g/mol. The zero-order chi connectivity index (χ0) is 13.1. The van der Waals surface area contributed by atoms with Gasteiger partial charge in [-0.1, -0.05) is 0 Å². The highest BCUT2D eigenvalue weighted by molar-refractivity contribution is 5.76. The molecule has 1 atom stereocenters. The first-order valence-corrected chi connectivity index (χ1v) is 6.41. The summed E-state index contributed by atoms with van der Waals surface area (Å²) in [6, 6.07) is 2.03. The molecule has 2 rings (SSSR count). The Morgan fingerprint density at radius 2 is 2.33 bits per heavy atom. The number of aromatic nitrogens is 2. The number of aryl methyl sites for hydroxylation is 3. The summed E-state index contributed by atoms with van der Waals surface area (Å²) in [5, 5.41) is 4.36. The van der Waals surface area contributed by atoms with E-state index in [1.165, 1.54) is 0 Å². The first kappa shape index (κ1) is 13.1. The lowest BCUT2D eigenvalue weighted by Gasteiger charge is -2.16. The molecule has 1 saturated heterocycles. The van der Waals surface area contributed by atoms with Gasteiger partial charge in [-0.15, -0.1) is 0 Å². The van der Waals surface area contributed by atoms with Crippen LogP contribution in [0, 0.1) is 13.8 Å². The first-order chi connectivity index (χ1) is 8.60. The van der Waals surface area contributed by atoms with Crippen LogP contribution in [0.3, 0.4) is 0 Å². The molecule has 1 amide bonds. The van der Waals surface area contributed by atoms with Gasteiger partial charge in [0.1, 0.15) is 0 Å². The number of methoxy groups -OCH3 is 1. The average Bonchev–Trinajstić information content (AvgIpc) is 2.93. The topological polar surface area (TPSA) is 47.4 Å². The van der Waals surface area contributed by atoms with Crippen molar-refractivity contribution in [1.29, 1.82) is 0 Å². The monoisotopic (exact) mass is 251 g/mol. The van der Waals surface area contributed by atoms with Gasteiger partial charge in [0.15, 0.2) is 0 Å². The summed E-state index contributed by atoms with van der Waals surface area (Å²) in [6.07, 6.45) is 1.67. The van der Waals surface area contributed by atoms with Gasteiger partial charge in [-0.2, -0.15) is 5.10 Å². The summed E-state index contributed by atoms with van der Waals surface area (Å²) in [5.41, 5.74) is 2.11. The smallest absolute Gasteiger partial charge is 0.224 e. The fraction of sp³-hybridized carbons (Fsp3) is 0.692. The Labute approximate surface area is 108 Å². The molecule has 100 valence electrons. The van der Waals surface area contributed by atoms with Gasteiger partial charge < -0.3 is 9.64 Å². The molecule has 0 saturated carbocycles. The minimum absolute atomic E-state index is 0.196. The fourth-order valence-electron chi connectivity index (χ4n) is 2.41. The van der Waals surface area contributed by atoms with Gasteiger partial charge in [-0.05, 0) is 26.3 Å². The molecule has 1 aliphatic heterocycles. The quantitative estimate of drug-likeness (QED) is 0.806. The SMILES string of the molecule is CO[C@H]1CCN(C(=O)CCn2nc(C)cc2C)C1. The Morgan fingerprint density at radius 1 is 1.56 bits per heavy atom. The van der Waals surface area contributed by atoms with Crippen LogP contribution in [0.25, 0.3) is 0 Å². The van der Waals surface area contributed by atoms with Gasteiger partial charge in [0.05, 0.1) is 11.8 Å². The predicted octanol–water partition coefficient (Wildman–Crippen LogP) is 1.14. The van der Waals surface area contributed by atoms with E-state index in [2.05, 4.69) is 5.10 Å². The fourth-order valence-corrected chi connectivity index (χ4v) is 2.41. The first-order valence-electron chi connectivity index (χ1n) is 6.41. The molecule has 18 heavy (non-hydrogen) atoms. The summed E-state index contributed by atoms with van der Waals surface area (Å²) in [4.78, 5) is 13.9. The largest absolute Gasteiger partial charge is 0.380 e. The number of likely N-dealkylation sites (tertiary alicyclic amines) is 1. The summed E-state index contributed by atoms with van der Waals surface area (Å²) in [5.74, 6) is 0.196. The van der Waals surface area contributed by atoms with Crippen molar-refractivity contribution in [2.24, 2.45) is 0 Å². The molecule has 0 aliphatic carbocycles. The van der Waals surface area contributed by atoms with Crippen LogP contribution in [0.4, 0.5) is 0 Å². The van der Waals surface area contributed by atoms with E-state index < -0.39 is 0 Å². The van der Waals surface area contributed by atoms with Crippen molar-refractivity contribution in [3.05, 3.63) is 17.5 Å². The molecule has 2 heterocycles. The minimum Gasteiger partial charge on any atom is -0.380 e. The number of hydrogen-bond acceptors (Lipinski definition) is 3. The molecule has 0 radical (unpaired) electrons. The predicted molar refractivity (Wildman–Crippen MR) is 68.3 cm³/mol. The van der Waals surface area contributed by atoms with E-state index in [9.17, 15) is 4.79 Å². The van der Waals surface area contributed by atoms with E-state index in [0.29, 0.717) is 13.0 Å². The van der Waals surface area contributed by atoms with E-state index in [0.717, 1.165) is 30.9 Å². The van der Waals surface area contributed by atoms with Gasteiger partial charge in [-0.25, -0.2) is 0 Å². The number of hydrogen-bond donors (Lipinski definition) is 0. The van der Waals surface area contributed by atoms with Crippen LogP contribution in [-0.4, -0.2) is 46.9 Å². The lowest BCUT2D eigenvalue weighted by molar-refractivity contribution is -0.130. The van der Waals surface area contributed by atoms with Crippen molar-refractivity contribution in [3.63, 3.8) is 0 Å². The van der Waals surface area contributed by atoms with Crippen molar-refractivity contribution in [1.82, 2.24) is 14.7 Å². The zero-order valence-electron chi connectivity index (χ0n) is 11.3. The maximum atomic E-state index is 12.0. The number of nitrogens with zero attached hydrogens (tertiary/aromatic N) is 3. The van der Waals surface area contributed by atoms with Gasteiger partial charge in [-0.3, -0.25) is 9.48 Å². The Morgan fingerprint density at radius 3 is 2.89 bits per heavy atom. The Hall–Kier alpha value is -1.36. The van der Waals surface area contributed by atoms with E-state index in [1.807, 2.05) is 29.5 Å². The van der Waals surface area contributed by atoms with Crippen molar-refractivity contribution < 1.29 is 9.53 Å². The molecule has 1 aromatic rings. The number of rotatable bonds is 4. The van der Waals surface area contributed by atoms with Crippen LogP contribution < -0.4 is 0 Å². The summed E-state index contributed by atoms with van der Waals surface area (Å²) in [7, 11) is 1.70. The van der Waals surface area contributed by atoms with E-state index in [-0.39, 0.29) is 12.0 Å². The molecule has 0 aromatic carbocycles. The van der Waals surface area contributed by atoms with Crippen LogP contribution in [0.2, 0.25) is 0 Å². The number of ether oxygens (including phenoxy) is 1. The molecule has 0 N–H and O–H groups in total. The van der Waals surface area contributed by atoms with Crippen LogP contribution in [0.1, 0.15) is 24.2 Å². The molecule has 5 nitrogen and oxygen atoms in total. The summed E-state index contributed by atoms with van der Waals surface area (Å²) >= 11 is 0. The second-order valence-electron chi connectivity index (χ2n) is 4.89. The summed E-state index contributed by atoms with van der Waals surface area (Å²) < 4.78 is 7.17. The normalized spacial score (nSPS) is 19.5. The maximum Gasteiger partial charge on any atom is 0.224 e. The Balaban J connectivity index is 1.84. The third kappa shape index (κ3) is 2.90. The average molecular weight is 251 g/mol. The Kier molecular flexibility index (Phi) is 4.01. The molecule has 5 heteroatoms. The molecule has 1 fully saturated rings. The zero-order valence-corrected chi connectivity index (χ0v) is 11.3. The molecule has 0 unspecified atom stereocenters. The summed E-state index contributed by atoms with van der Waals surface area (Å²) in [6.45, 7) is 6.18. The van der Waals surface area contributed by atoms with Crippen LogP contribution >= 0.6 is 0 Å². The molecule has 0 bridgehead atoms. The minimum atomic E-state index is 0.196. The maximum absolute atomic E-state index is 12.0. The highest BCUT2D eigenvalue weighted by Gasteiger charge is 2.25. The number of carbonyl (C=O) groups is 1. The molecular formula is C13H21N3O2. The lowest BCUT2D eigenvalue weighted by atomic mass is 10.3. The van der Waals surface area contributed by atoms with Crippen LogP contribution in [0.5, 0.6) is 0 Å². The molecule has 1 aromatic heterocycles. The highest BCUT2D eigenvalue weighted by Crippen LogP contribution is 2.13. The third-order valence-electron chi connectivity index (χ3n) is 3.47. The van der Waals surface area contributed by atoms with Crippen molar-refractivity contribution in [2.75, 3.05) is 20.2 Å². The third-order valence-corrected chi connectivity index (χ3v) is 3.47. The standard InChI is InChI=1S/C13H21N3O2/c1-10-8-11(2)16(14-10)7-5-13(17)15-6-4-12(9-15)18-3/h8,12H,4-7,9H2,1-3H3/t12-/m0/s1. The number of amides is 1. The van der Waals surface area contributed by atoms with Gasteiger partial charge in [0.25, 0.3) is 0 Å². The molecule has 0 spiro atoms. The second kappa shape index (κ2) is 5.52. The highest BCUT2D eigenvalue weighted by atomic mass is 16.5. The van der Waals surface area contributed by atoms with E-state index >= 15 is 0 Å². The molecule has 1 aliphatic rings. The van der Waals surface area contributed by atoms with Gasteiger partial charge >= 0.3 is 0 Å². The van der Waals surface area contributed by atoms with Crippen molar-refractivity contribution >= 4 is 5.91 Å². The van der Waals surface area contributed by atoms with E-state index in [4.69, 9.17) is 4.74 Å². The lowest BCUT2D eigenvalue weighted by Crippen LogP contribution is -2.30. The van der Waals surface area contributed by atoms with Crippen LogP contribution in [-0.2, 0) is 16.1 Å². The van der Waals surface area contributed by atoms with E-state index in [1.54, 1.807) is 7.11 Å². The van der Waals surface area contributed by atoms with Gasteiger partial charge in [0, 0.05) is 38.9 Å². The second-order valence-corrected chi connectivity index (χ2v) is 4.89. The van der Waals surface area contributed by atoms with Crippen molar-refractivity contribution in [3.8, 4) is 0 Å². The van der Waals surface area contributed by atoms with Crippen molar-refractivity contribution in [2.45, 2.75) is 39.3 Å². The Bertz CT molecular complexity index is 428. The van der Waals surface area contributed by atoms with Gasteiger partial charge in [0.2, 0.25) is 5.91 Å². The van der Waals surface area contributed by atoms with Crippen LogP contribution in [0.15, 0.2) is 6.07 Å².